The SMILES string of the molecule is Cc1ccc(C)c2c(C)cc(C(C)O)nc12. The smallest absolute Gasteiger partial charge is 0.0932 e. The molecule has 0 aliphatic rings. The van der Waals surface area contributed by atoms with Gasteiger partial charge in [-0.15, -0.1) is 0 Å². The molecule has 0 fully saturated rings. The van der Waals surface area contributed by atoms with E-state index in [1.807, 2.05) is 6.07 Å². The highest BCUT2D eigenvalue weighted by Gasteiger charge is 2.10. The van der Waals surface area contributed by atoms with Crippen molar-refractivity contribution in [1.29, 1.82) is 0 Å². The second-order valence-electron chi connectivity index (χ2n) is 4.46. The fourth-order valence-electron chi connectivity index (χ4n) is 2.11. The molecule has 1 N–H and O–H groups in total. The lowest BCUT2D eigenvalue weighted by Crippen LogP contribution is -1.99. The van der Waals surface area contributed by atoms with Crippen LogP contribution in [-0.4, -0.2) is 10.1 Å². The molecule has 2 nitrogen and oxygen atoms in total. The third-order valence-corrected chi connectivity index (χ3v) is 3.02. The van der Waals surface area contributed by atoms with Gasteiger partial charge in [0.15, 0.2) is 0 Å². The van der Waals surface area contributed by atoms with Crippen molar-refractivity contribution >= 4 is 10.9 Å². The monoisotopic (exact) mass is 215 g/mol. The Morgan fingerprint density at radius 3 is 2.31 bits per heavy atom. The maximum Gasteiger partial charge on any atom is 0.0932 e. The molecule has 0 radical (unpaired) electrons. The van der Waals surface area contributed by atoms with Crippen LogP contribution in [0.25, 0.3) is 10.9 Å². The van der Waals surface area contributed by atoms with Crippen molar-refractivity contribution in [2.45, 2.75) is 33.8 Å². The van der Waals surface area contributed by atoms with Crippen molar-refractivity contribution in [3.63, 3.8) is 0 Å². The number of aliphatic hydroxyl groups excluding tert-OH is 1. The molecule has 0 spiro atoms. The Bertz CT molecular complexity index is 544. The van der Waals surface area contributed by atoms with Crippen LogP contribution in [-0.2, 0) is 0 Å². The number of nitrogens with zero attached hydrogens (tertiary/aromatic N) is 1. The second kappa shape index (κ2) is 3.87. The normalized spacial score (nSPS) is 13.1. The van der Waals surface area contributed by atoms with Crippen molar-refractivity contribution in [2.24, 2.45) is 0 Å². The predicted octanol–water partition coefficient (Wildman–Crippen LogP) is 3.21. The van der Waals surface area contributed by atoms with Crippen LogP contribution in [0, 0.1) is 20.8 Å². The molecule has 0 bridgehead atoms. The zero-order valence-corrected chi connectivity index (χ0v) is 10.2. The zero-order valence-electron chi connectivity index (χ0n) is 10.2. The summed E-state index contributed by atoms with van der Waals surface area (Å²) in [6.07, 6.45) is -0.511. The Labute approximate surface area is 96.0 Å². The number of aliphatic hydroxyl groups is 1. The van der Waals surface area contributed by atoms with Crippen LogP contribution in [0.1, 0.15) is 35.4 Å². The van der Waals surface area contributed by atoms with Gasteiger partial charge >= 0.3 is 0 Å². The highest BCUT2D eigenvalue weighted by molar-refractivity contribution is 5.88. The lowest BCUT2D eigenvalue weighted by molar-refractivity contribution is 0.194. The molecule has 1 unspecified atom stereocenters. The molecule has 0 aliphatic carbocycles. The molecule has 1 aromatic heterocycles. The fraction of sp³-hybridized carbons (Fsp3) is 0.357. The molecule has 84 valence electrons. The highest BCUT2D eigenvalue weighted by atomic mass is 16.3. The van der Waals surface area contributed by atoms with E-state index >= 15 is 0 Å². The standard InChI is InChI=1S/C14H17NO/c1-8-5-6-9(2)14-13(8)10(3)7-12(15-14)11(4)16/h5-7,11,16H,1-4H3. The molecule has 0 saturated carbocycles. The number of fused-ring (bicyclic) bond motifs is 1. The topological polar surface area (TPSA) is 33.1 Å². The van der Waals surface area contributed by atoms with E-state index in [1.54, 1.807) is 6.92 Å². The third-order valence-electron chi connectivity index (χ3n) is 3.02. The number of hydrogen-bond donors (Lipinski definition) is 1. The second-order valence-corrected chi connectivity index (χ2v) is 4.46. The van der Waals surface area contributed by atoms with Crippen LogP contribution >= 0.6 is 0 Å². The van der Waals surface area contributed by atoms with Gasteiger partial charge in [0, 0.05) is 5.39 Å². The maximum atomic E-state index is 9.61. The van der Waals surface area contributed by atoms with E-state index in [1.165, 1.54) is 16.5 Å². The summed E-state index contributed by atoms with van der Waals surface area (Å²) in [5.41, 5.74) is 5.34. The summed E-state index contributed by atoms with van der Waals surface area (Å²) in [6.45, 7) is 7.97. The van der Waals surface area contributed by atoms with E-state index in [0.717, 1.165) is 16.8 Å². The molecule has 0 aliphatic heterocycles. The van der Waals surface area contributed by atoms with Crippen LogP contribution in [0.5, 0.6) is 0 Å². The molecule has 2 aromatic rings. The third kappa shape index (κ3) is 1.69. The highest BCUT2D eigenvalue weighted by Crippen LogP contribution is 2.26. The minimum absolute atomic E-state index is 0.511. The van der Waals surface area contributed by atoms with Crippen LogP contribution < -0.4 is 0 Å². The maximum absolute atomic E-state index is 9.61. The first-order valence-electron chi connectivity index (χ1n) is 5.56. The lowest BCUT2D eigenvalue weighted by atomic mass is 10.00. The van der Waals surface area contributed by atoms with E-state index in [4.69, 9.17) is 0 Å². The predicted molar refractivity (Wildman–Crippen MR) is 66.6 cm³/mol. The minimum Gasteiger partial charge on any atom is -0.387 e. The molecular weight excluding hydrogens is 198 g/mol. The van der Waals surface area contributed by atoms with E-state index in [-0.39, 0.29) is 0 Å². The van der Waals surface area contributed by atoms with Crippen molar-refractivity contribution in [1.82, 2.24) is 4.98 Å². The van der Waals surface area contributed by atoms with E-state index < -0.39 is 6.10 Å². The zero-order chi connectivity index (χ0) is 11.9. The molecule has 0 saturated heterocycles. The molecule has 2 rings (SSSR count). The Hall–Kier alpha value is -1.41. The number of aromatic nitrogens is 1. The minimum atomic E-state index is -0.511. The van der Waals surface area contributed by atoms with Crippen LogP contribution in [0.4, 0.5) is 0 Å². The van der Waals surface area contributed by atoms with E-state index in [0.29, 0.717) is 0 Å². The fourth-order valence-corrected chi connectivity index (χ4v) is 2.11. The van der Waals surface area contributed by atoms with Crippen LogP contribution in [0.15, 0.2) is 18.2 Å². The number of pyridine rings is 1. The average Bonchev–Trinajstić information content (AvgIpc) is 2.22. The van der Waals surface area contributed by atoms with Gasteiger partial charge in [0.25, 0.3) is 0 Å². The van der Waals surface area contributed by atoms with Crippen molar-refractivity contribution in [3.05, 3.63) is 40.6 Å². The van der Waals surface area contributed by atoms with Gasteiger partial charge in [0.1, 0.15) is 0 Å². The summed E-state index contributed by atoms with van der Waals surface area (Å²) >= 11 is 0. The Morgan fingerprint density at radius 1 is 1.06 bits per heavy atom. The van der Waals surface area contributed by atoms with Crippen LogP contribution in [0.2, 0.25) is 0 Å². The number of aryl methyl sites for hydroxylation is 3. The summed E-state index contributed by atoms with van der Waals surface area (Å²) in [5.74, 6) is 0. The quantitative estimate of drug-likeness (QED) is 0.792. The first-order valence-corrected chi connectivity index (χ1v) is 5.56. The summed E-state index contributed by atoms with van der Waals surface area (Å²) in [4.78, 5) is 4.55. The van der Waals surface area contributed by atoms with Gasteiger partial charge in [-0.05, 0) is 50.5 Å². The van der Waals surface area contributed by atoms with Gasteiger partial charge in [-0.25, -0.2) is 4.98 Å². The molecular formula is C14H17NO. The van der Waals surface area contributed by atoms with Gasteiger partial charge < -0.3 is 5.11 Å². The van der Waals surface area contributed by atoms with E-state index in [9.17, 15) is 5.11 Å². The molecule has 16 heavy (non-hydrogen) atoms. The van der Waals surface area contributed by atoms with Crippen molar-refractivity contribution in [3.8, 4) is 0 Å². The molecule has 2 heteroatoms. The van der Waals surface area contributed by atoms with Gasteiger partial charge in [0.2, 0.25) is 0 Å². The first-order chi connectivity index (χ1) is 7.50. The summed E-state index contributed by atoms with van der Waals surface area (Å²) in [5, 5.41) is 10.8. The van der Waals surface area contributed by atoms with Crippen molar-refractivity contribution in [2.75, 3.05) is 0 Å². The summed E-state index contributed by atoms with van der Waals surface area (Å²) in [7, 11) is 0. The lowest BCUT2D eigenvalue weighted by Gasteiger charge is -2.12. The van der Waals surface area contributed by atoms with Crippen LogP contribution in [0.3, 0.4) is 0 Å². The van der Waals surface area contributed by atoms with Crippen molar-refractivity contribution < 1.29 is 5.11 Å². The Morgan fingerprint density at radius 2 is 1.69 bits per heavy atom. The molecule has 1 heterocycles. The largest absolute Gasteiger partial charge is 0.387 e. The Kier molecular flexibility index (Phi) is 2.68. The van der Waals surface area contributed by atoms with Gasteiger partial charge in [-0.2, -0.15) is 0 Å². The van der Waals surface area contributed by atoms with Gasteiger partial charge in [-0.3, -0.25) is 0 Å². The Balaban J connectivity index is 2.86. The number of benzene rings is 1. The van der Waals surface area contributed by atoms with E-state index in [2.05, 4.69) is 37.9 Å². The molecule has 0 amide bonds. The van der Waals surface area contributed by atoms with Gasteiger partial charge in [0.05, 0.1) is 17.3 Å². The van der Waals surface area contributed by atoms with Gasteiger partial charge in [-0.1, -0.05) is 12.1 Å². The first kappa shape index (κ1) is 11.1. The molecule has 1 aromatic carbocycles. The molecule has 1 atom stereocenters. The number of hydrogen-bond acceptors (Lipinski definition) is 2. The number of rotatable bonds is 1. The average molecular weight is 215 g/mol. The summed E-state index contributed by atoms with van der Waals surface area (Å²) in [6, 6.07) is 6.17. The summed E-state index contributed by atoms with van der Waals surface area (Å²) < 4.78 is 0.